The molecule has 0 spiro atoms. The van der Waals surface area contributed by atoms with E-state index in [1.165, 1.54) is 0 Å². The summed E-state index contributed by atoms with van der Waals surface area (Å²) in [5, 5.41) is 20.8. The van der Waals surface area contributed by atoms with Crippen LogP contribution < -0.4 is 4.90 Å². The van der Waals surface area contributed by atoms with Crippen LogP contribution in [0.1, 0.15) is 31.7 Å². The maximum Gasteiger partial charge on any atom is 0.129 e. The van der Waals surface area contributed by atoms with E-state index in [9.17, 15) is 10.2 Å². The molecule has 0 radical (unpaired) electrons. The van der Waals surface area contributed by atoms with Crippen LogP contribution in [0.15, 0.2) is 30.3 Å². The summed E-state index contributed by atoms with van der Waals surface area (Å²) in [6, 6.07) is 9.87. The molecule has 3 rings (SSSR count). The highest BCUT2D eigenvalue weighted by Gasteiger charge is 2.25. The molecule has 4 nitrogen and oxygen atoms in total. The Kier molecular flexibility index (Phi) is 3.83. The molecule has 1 aliphatic heterocycles. The molecule has 112 valence electrons. The third-order valence-electron chi connectivity index (χ3n) is 4.35. The molecule has 0 bridgehead atoms. The van der Waals surface area contributed by atoms with Crippen molar-refractivity contribution in [2.24, 2.45) is 0 Å². The summed E-state index contributed by atoms with van der Waals surface area (Å²) in [7, 11) is 0. The number of rotatable bonds is 2. The average molecular weight is 286 g/mol. The zero-order valence-electron chi connectivity index (χ0n) is 12.4. The first-order valence-electron chi connectivity index (χ1n) is 7.56. The van der Waals surface area contributed by atoms with E-state index in [-0.39, 0.29) is 6.61 Å². The number of pyridine rings is 1. The predicted octanol–water partition coefficient (Wildman–Crippen LogP) is 2.47. The molecular formula is C17H22N2O2. The van der Waals surface area contributed by atoms with Crippen LogP contribution in [0.2, 0.25) is 0 Å². The summed E-state index contributed by atoms with van der Waals surface area (Å²) in [6.07, 6.45) is 2.52. The van der Waals surface area contributed by atoms with Crippen molar-refractivity contribution in [2.45, 2.75) is 38.4 Å². The normalized spacial score (nSPS) is 23.3. The number of fused-ring (bicyclic) bond motifs is 1. The van der Waals surface area contributed by atoms with Gasteiger partial charge >= 0.3 is 0 Å². The lowest BCUT2D eigenvalue weighted by atomic mass is 9.98. The third kappa shape index (κ3) is 3.01. The molecule has 0 saturated carbocycles. The van der Waals surface area contributed by atoms with Crippen molar-refractivity contribution in [1.29, 1.82) is 0 Å². The van der Waals surface area contributed by atoms with Gasteiger partial charge in [-0.25, -0.2) is 4.98 Å². The number of hydrogen-bond acceptors (Lipinski definition) is 4. The smallest absolute Gasteiger partial charge is 0.129 e. The number of para-hydroxylation sites is 1. The molecule has 1 unspecified atom stereocenters. The van der Waals surface area contributed by atoms with E-state index in [1.54, 1.807) is 0 Å². The number of anilines is 1. The van der Waals surface area contributed by atoms with Gasteiger partial charge in [-0.3, -0.25) is 0 Å². The van der Waals surface area contributed by atoms with Gasteiger partial charge < -0.3 is 15.1 Å². The Labute approximate surface area is 125 Å². The topological polar surface area (TPSA) is 56.6 Å². The quantitative estimate of drug-likeness (QED) is 0.890. The van der Waals surface area contributed by atoms with Crippen LogP contribution in [0, 0.1) is 0 Å². The molecule has 21 heavy (non-hydrogen) atoms. The van der Waals surface area contributed by atoms with E-state index < -0.39 is 5.60 Å². The van der Waals surface area contributed by atoms with Gasteiger partial charge in [-0.05, 0) is 43.9 Å². The Morgan fingerprint density at radius 3 is 2.86 bits per heavy atom. The van der Waals surface area contributed by atoms with Crippen molar-refractivity contribution >= 4 is 16.7 Å². The second-order valence-electron chi connectivity index (χ2n) is 6.15. The molecule has 1 aromatic heterocycles. The van der Waals surface area contributed by atoms with Crippen LogP contribution in [0.25, 0.3) is 10.9 Å². The first-order chi connectivity index (χ1) is 10.1. The van der Waals surface area contributed by atoms with Crippen LogP contribution in [-0.2, 0) is 6.61 Å². The minimum absolute atomic E-state index is 0.0155. The molecular weight excluding hydrogens is 264 g/mol. The number of aromatic nitrogens is 1. The Balaban J connectivity index is 1.96. The SMILES string of the molecule is CC1(O)CCCN(c2cc(CO)c3ccccc3n2)CC1. The molecule has 1 fully saturated rings. The maximum absolute atomic E-state index is 10.2. The average Bonchev–Trinajstić information content (AvgIpc) is 2.67. The molecule has 1 saturated heterocycles. The van der Waals surface area contributed by atoms with E-state index in [2.05, 4.69) is 4.90 Å². The van der Waals surface area contributed by atoms with Crippen LogP contribution >= 0.6 is 0 Å². The van der Waals surface area contributed by atoms with Gasteiger partial charge in [0.25, 0.3) is 0 Å². The van der Waals surface area contributed by atoms with Crippen molar-refractivity contribution in [3.05, 3.63) is 35.9 Å². The lowest BCUT2D eigenvalue weighted by Crippen LogP contribution is -2.28. The van der Waals surface area contributed by atoms with E-state index in [1.807, 2.05) is 37.3 Å². The zero-order chi connectivity index (χ0) is 14.9. The van der Waals surface area contributed by atoms with E-state index >= 15 is 0 Å². The third-order valence-corrected chi connectivity index (χ3v) is 4.35. The highest BCUT2D eigenvalue weighted by atomic mass is 16.3. The van der Waals surface area contributed by atoms with Crippen LogP contribution in [0.4, 0.5) is 5.82 Å². The highest BCUT2D eigenvalue weighted by Crippen LogP contribution is 2.27. The second-order valence-corrected chi connectivity index (χ2v) is 6.15. The molecule has 2 aromatic rings. The number of nitrogens with zero attached hydrogens (tertiary/aromatic N) is 2. The maximum atomic E-state index is 10.2. The van der Waals surface area contributed by atoms with Gasteiger partial charge in [-0.2, -0.15) is 0 Å². The lowest BCUT2D eigenvalue weighted by Gasteiger charge is -2.24. The van der Waals surface area contributed by atoms with E-state index in [4.69, 9.17) is 4.98 Å². The fraction of sp³-hybridized carbons (Fsp3) is 0.471. The molecule has 4 heteroatoms. The first kappa shape index (κ1) is 14.3. The summed E-state index contributed by atoms with van der Waals surface area (Å²) in [5.74, 6) is 0.899. The largest absolute Gasteiger partial charge is 0.392 e. The number of hydrogen-bond donors (Lipinski definition) is 2. The van der Waals surface area contributed by atoms with Gasteiger partial charge in [0.15, 0.2) is 0 Å². The Morgan fingerprint density at radius 1 is 1.24 bits per heavy atom. The predicted molar refractivity (Wildman–Crippen MR) is 84.4 cm³/mol. The standard InChI is InChI=1S/C17H22N2O2/c1-17(21)7-4-9-19(10-8-17)16-11-13(12-20)14-5-2-3-6-15(14)18-16/h2-3,5-6,11,20-21H,4,7-10,12H2,1H3. The van der Waals surface area contributed by atoms with Gasteiger partial charge in [0.1, 0.15) is 5.82 Å². The fourth-order valence-corrected chi connectivity index (χ4v) is 3.02. The van der Waals surface area contributed by atoms with E-state index in [0.29, 0.717) is 0 Å². The Hall–Kier alpha value is -1.65. The minimum Gasteiger partial charge on any atom is -0.392 e. The molecule has 2 heterocycles. The molecule has 0 amide bonds. The Morgan fingerprint density at radius 2 is 2.05 bits per heavy atom. The van der Waals surface area contributed by atoms with Crippen molar-refractivity contribution in [3.63, 3.8) is 0 Å². The van der Waals surface area contributed by atoms with Crippen LogP contribution in [-0.4, -0.2) is 33.9 Å². The summed E-state index contributed by atoms with van der Waals surface area (Å²) in [6.45, 7) is 3.61. The van der Waals surface area contributed by atoms with Gasteiger partial charge in [0, 0.05) is 18.5 Å². The minimum atomic E-state index is -0.578. The van der Waals surface area contributed by atoms with Gasteiger partial charge in [0.2, 0.25) is 0 Å². The summed E-state index contributed by atoms with van der Waals surface area (Å²) in [5.41, 5.74) is 1.24. The zero-order valence-corrected chi connectivity index (χ0v) is 12.4. The van der Waals surface area contributed by atoms with Gasteiger partial charge in [0.05, 0.1) is 17.7 Å². The summed E-state index contributed by atoms with van der Waals surface area (Å²) in [4.78, 5) is 6.95. The molecule has 1 atom stereocenters. The number of aliphatic hydroxyl groups is 2. The Bertz CT molecular complexity index is 640. The molecule has 1 aliphatic rings. The first-order valence-corrected chi connectivity index (χ1v) is 7.56. The molecule has 0 aliphatic carbocycles. The molecule has 1 aromatic carbocycles. The van der Waals surface area contributed by atoms with Gasteiger partial charge in [-0.15, -0.1) is 0 Å². The van der Waals surface area contributed by atoms with Crippen LogP contribution in [0.3, 0.4) is 0 Å². The van der Waals surface area contributed by atoms with Gasteiger partial charge in [-0.1, -0.05) is 18.2 Å². The second kappa shape index (κ2) is 5.62. The summed E-state index contributed by atoms with van der Waals surface area (Å²) < 4.78 is 0. The van der Waals surface area contributed by atoms with E-state index in [0.717, 1.165) is 54.6 Å². The highest BCUT2D eigenvalue weighted by molar-refractivity contribution is 5.84. The van der Waals surface area contributed by atoms with Crippen molar-refractivity contribution in [1.82, 2.24) is 4.98 Å². The summed E-state index contributed by atoms with van der Waals surface area (Å²) >= 11 is 0. The van der Waals surface area contributed by atoms with Crippen LogP contribution in [0.5, 0.6) is 0 Å². The number of benzene rings is 1. The van der Waals surface area contributed by atoms with Crippen molar-refractivity contribution in [2.75, 3.05) is 18.0 Å². The van der Waals surface area contributed by atoms with Crippen molar-refractivity contribution < 1.29 is 10.2 Å². The fourth-order valence-electron chi connectivity index (χ4n) is 3.02. The molecule has 2 N–H and O–H groups in total. The number of aliphatic hydroxyl groups excluding tert-OH is 1. The monoisotopic (exact) mass is 286 g/mol. The van der Waals surface area contributed by atoms with Crippen molar-refractivity contribution in [3.8, 4) is 0 Å². The lowest BCUT2D eigenvalue weighted by molar-refractivity contribution is 0.0481.